The number of aromatic nitrogens is 3. The summed E-state index contributed by atoms with van der Waals surface area (Å²) >= 11 is 1.32. The van der Waals surface area contributed by atoms with Gasteiger partial charge in [-0.2, -0.15) is 5.10 Å². The van der Waals surface area contributed by atoms with Crippen LogP contribution in [0.3, 0.4) is 0 Å². The molecule has 0 aliphatic carbocycles. The Balaban J connectivity index is 1.68. The van der Waals surface area contributed by atoms with Crippen molar-refractivity contribution < 1.29 is 4.79 Å². The molecule has 2 aromatic carbocycles. The number of carbonyl (C=O) groups excluding carboxylic acids is 1. The normalized spacial score (nSPS) is 15.7. The zero-order chi connectivity index (χ0) is 23.8. The molecule has 0 radical (unpaired) electrons. The van der Waals surface area contributed by atoms with Gasteiger partial charge in [-0.15, -0.1) is 0 Å². The molecule has 1 amide bonds. The summed E-state index contributed by atoms with van der Waals surface area (Å²) in [4.78, 5) is 32.4. The number of rotatable bonds is 4. The van der Waals surface area contributed by atoms with Gasteiger partial charge < -0.3 is 5.32 Å². The van der Waals surface area contributed by atoms with Crippen LogP contribution in [0.2, 0.25) is 0 Å². The second-order valence-electron chi connectivity index (χ2n) is 8.16. The van der Waals surface area contributed by atoms with E-state index in [0.717, 1.165) is 16.8 Å². The highest BCUT2D eigenvalue weighted by Crippen LogP contribution is 2.30. The molecule has 170 valence electrons. The highest BCUT2D eigenvalue weighted by atomic mass is 32.1. The molecular weight excluding hydrogens is 446 g/mol. The number of carbonyl (C=O) groups is 1. The summed E-state index contributed by atoms with van der Waals surface area (Å²) in [5.41, 5.74) is 4.11. The predicted molar refractivity (Wildman–Crippen MR) is 133 cm³/mol. The average Bonchev–Trinajstić information content (AvgIpc) is 3.31. The van der Waals surface area contributed by atoms with E-state index in [1.54, 1.807) is 9.25 Å². The molecule has 1 aliphatic heterocycles. The van der Waals surface area contributed by atoms with Crippen molar-refractivity contribution in [2.24, 2.45) is 12.0 Å². The number of benzene rings is 2. The lowest BCUT2D eigenvalue weighted by atomic mass is 9.95. The van der Waals surface area contributed by atoms with E-state index in [-0.39, 0.29) is 11.5 Å². The van der Waals surface area contributed by atoms with Crippen molar-refractivity contribution in [1.82, 2.24) is 14.3 Å². The molecule has 3 heterocycles. The highest BCUT2D eigenvalue weighted by Gasteiger charge is 2.32. The predicted octanol–water partition coefficient (Wildman–Crippen LogP) is 2.92. The lowest BCUT2D eigenvalue weighted by Crippen LogP contribution is -2.40. The standard InChI is InChI=1S/C26H23N5O2S/c1-16-19(15-30(3)29-16)14-21-25(33)31-23(18-10-6-4-7-11-18)22(17(2)27-26(31)34-21)24(32)28-20-12-8-5-9-13-20/h4-15,23H,1-3H3,(H,28,32)/b21-14+/t23-/m1/s1. The van der Waals surface area contributed by atoms with Crippen LogP contribution in [0.4, 0.5) is 5.69 Å². The van der Waals surface area contributed by atoms with Crippen molar-refractivity contribution in [1.29, 1.82) is 0 Å². The van der Waals surface area contributed by atoms with E-state index in [1.807, 2.05) is 93.8 Å². The topological polar surface area (TPSA) is 81.3 Å². The van der Waals surface area contributed by atoms with Crippen LogP contribution >= 0.6 is 11.3 Å². The summed E-state index contributed by atoms with van der Waals surface area (Å²) < 4.78 is 3.90. The Kier molecular flexibility index (Phi) is 5.59. The molecule has 8 heteroatoms. The number of allylic oxidation sites excluding steroid dienone is 1. The first kappa shape index (κ1) is 21.8. The summed E-state index contributed by atoms with van der Waals surface area (Å²) in [6, 6.07) is 18.3. The lowest BCUT2D eigenvalue weighted by Gasteiger charge is -2.25. The molecule has 0 fully saturated rings. The molecule has 4 aromatic rings. The second-order valence-corrected chi connectivity index (χ2v) is 9.17. The maximum Gasteiger partial charge on any atom is 0.271 e. The SMILES string of the molecule is CC1=C(C(=O)Nc2ccccc2)[C@@H](c2ccccc2)n2c(s/c(=C/c3cn(C)nc3C)c2=O)=N1. The van der Waals surface area contributed by atoms with E-state index in [4.69, 9.17) is 0 Å². The molecule has 0 bridgehead atoms. The van der Waals surface area contributed by atoms with Crippen molar-refractivity contribution in [2.45, 2.75) is 19.9 Å². The van der Waals surface area contributed by atoms with Gasteiger partial charge in [0.15, 0.2) is 4.80 Å². The van der Waals surface area contributed by atoms with Crippen molar-refractivity contribution in [3.05, 3.63) is 115 Å². The molecule has 1 N–H and O–H groups in total. The van der Waals surface area contributed by atoms with Gasteiger partial charge in [0.05, 0.1) is 27.5 Å². The fourth-order valence-corrected chi connectivity index (χ4v) is 5.22. The van der Waals surface area contributed by atoms with Crippen molar-refractivity contribution in [3.8, 4) is 0 Å². The summed E-state index contributed by atoms with van der Waals surface area (Å²) in [6.45, 7) is 3.73. The second kappa shape index (κ2) is 8.72. The number of fused-ring (bicyclic) bond motifs is 1. The minimum Gasteiger partial charge on any atom is -0.322 e. The van der Waals surface area contributed by atoms with Gasteiger partial charge >= 0.3 is 0 Å². The summed E-state index contributed by atoms with van der Waals surface area (Å²) in [6.07, 6.45) is 3.73. The maximum atomic E-state index is 13.7. The van der Waals surface area contributed by atoms with E-state index in [1.165, 1.54) is 11.3 Å². The van der Waals surface area contributed by atoms with Crippen LogP contribution in [0.1, 0.15) is 29.8 Å². The highest BCUT2D eigenvalue weighted by molar-refractivity contribution is 7.07. The van der Waals surface area contributed by atoms with E-state index >= 15 is 0 Å². The molecule has 34 heavy (non-hydrogen) atoms. The van der Waals surface area contributed by atoms with E-state index < -0.39 is 6.04 Å². The molecule has 1 aliphatic rings. The zero-order valence-electron chi connectivity index (χ0n) is 19.0. The lowest BCUT2D eigenvalue weighted by molar-refractivity contribution is -0.113. The van der Waals surface area contributed by atoms with Crippen molar-refractivity contribution >= 4 is 29.0 Å². The third-order valence-electron chi connectivity index (χ3n) is 5.75. The van der Waals surface area contributed by atoms with Crippen LogP contribution in [0.25, 0.3) is 6.08 Å². The number of nitrogens with zero attached hydrogens (tertiary/aromatic N) is 4. The Morgan fingerprint density at radius 3 is 2.38 bits per heavy atom. The molecule has 0 saturated heterocycles. The Morgan fingerprint density at radius 2 is 1.74 bits per heavy atom. The van der Waals surface area contributed by atoms with Gasteiger partial charge in [0.25, 0.3) is 11.5 Å². The summed E-state index contributed by atoms with van der Waals surface area (Å²) in [5.74, 6) is -0.279. The van der Waals surface area contributed by atoms with Crippen LogP contribution in [0, 0.1) is 6.92 Å². The molecule has 0 unspecified atom stereocenters. The minimum absolute atomic E-state index is 0.182. The van der Waals surface area contributed by atoms with Gasteiger partial charge in [-0.3, -0.25) is 18.8 Å². The largest absolute Gasteiger partial charge is 0.322 e. The molecule has 7 nitrogen and oxygen atoms in total. The van der Waals surface area contributed by atoms with Gasteiger partial charge in [0, 0.05) is 24.5 Å². The third-order valence-corrected chi connectivity index (χ3v) is 6.73. The molecule has 1 atom stereocenters. The Morgan fingerprint density at radius 1 is 1.06 bits per heavy atom. The van der Waals surface area contributed by atoms with Gasteiger partial charge in [-0.25, -0.2) is 4.99 Å². The zero-order valence-corrected chi connectivity index (χ0v) is 19.8. The Labute approximate surface area is 200 Å². The van der Waals surface area contributed by atoms with Crippen LogP contribution in [-0.4, -0.2) is 20.3 Å². The van der Waals surface area contributed by atoms with Crippen LogP contribution in [0.15, 0.2) is 87.9 Å². The first-order valence-corrected chi connectivity index (χ1v) is 11.7. The first-order chi connectivity index (χ1) is 16.4. The molecular formula is C26H23N5O2S. The van der Waals surface area contributed by atoms with Gasteiger partial charge in [0.1, 0.15) is 0 Å². The summed E-state index contributed by atoms with van der Waals surface area (Å²) in [7, 11) is 1.85. The van der Waals surface area contributed by atoms with E-state index in [9.17, 15) is 9.59 Å². The number of hydrogen-bond acceptors (Lipinski definition) is 5. The number of thiazole rings is 1. The molecule has 0 saturated carbocycles. The minimum atomic E-state index is -0.585. The number of para-hydroxylation sites is 1. The fourth-order valence-electron chi connectivity index (χ4n) is 4.18. The number of nitrogens with one attached hydrogen (secondary N) is 1. The Bertz CT molecular complexity index is 1590. The molecule has 0 spiro atoms. The van der Waals surface area contributed by atoms with Crippen LogP contribution < -0.4 is 20.2 Å². The number of hydrogen-bond donors (Lipinski definition) is 1. The third kappa shape index (κ3) is 3.92. The van der Waals surface area contributed by atoms with Crippen LogP contribution in [0.5, 0.6) is 0 Å². The smallest absolute Gasteiger partial charge is 0.271 e. The maximum absolute atomic E-state index is 13.7. The van der Waals surface area contributed by atoms with Gasteiger partial charge in [-0.05, 0) is 37.6 Å². The van der Waals surface area contributed by atoms with Gasteiger partial charge in [0.2, 0.25) is 0 Å². The monoisotopic (exact) mass is 469 g/mol. The summed E-state index contributed by atoms with van der Waals surface area (Å²) in [5, 5.41) is 7.33. The van der Waals surface area contributed by atoms with Crippen molar-refractivity contribution in [3.63, 3.8) is 0 Å². The first-order valence-electron chi connectivity index (χ1n) is 10.9. The quantitative estimate of drug-likeness (QED) is 0.499. The molecule has 2 aromatic heterocycles. The van der Waals surface area contributed by atoms with Crippen molar-refractivity contribution in [2.75, 3.05) is 5.32 Å². The fraction of sp³-hybridized carbons (Fsp3) is 0.154. The Hall–Kier alpha value is -4.04. The number of amides is 1. The van der Waals surface area contributed by atoms with E-state index in [2.05, 4.69) is 15.4 Å². The molecule has 5 rings (SSSR count). The number of anilines is 1. The van der Waals surface area contributed by atoms with Crippen LogP contribution in [-0.2, 0) is 11.8 Å². The average molecular weight is 470 g/mol. The van der Waals surface area contributed by atoms with E-state index in [0.29, 0.717) is 26.3 Å². The number of aryl methyl sites for hydroxylation is 2. The van der Waals surface area contributed by atoms with Gasteiger partial charge in [-0.1, -0.05) is 59.9 Å².